The van der Waals surface area contributed by atoms with Crippen molar-refractivity contribution in [3.63, 3.8) is 0 Å². The number of carboxylic acids is 1. The molecular weight excluding hydrogens is 276 g/mol. The summed E-state index contributed by atoms with van der Waals surface area (Å²) in [7, 11) is 0. The zero-order chi connectivity index (χ0) is 15.1. The molecule has 3 aromatic rings. The molecule has 22 heavy (non-hydrogen) atoms. The number of benzene rings is 2. The fourth-order valence-electron chi connectivity index (χ4n) is 3.03. The van der Waals surface area contributed by atoms with Crippen molar-refractivity contribution >= 4 is 22.6 Å². The molecule has 108 valence electrons. The Labute approximate surface area is 127 Å². The third kappa shape index (κ3) is 1.92. The van der Waals surface area contributed by atoms with Gasteiger partial charge in [-0.25, -0.2) is 4.79 Å². The number of para-hydroxylation sites is 1. The van der Waals surface area contributed by atoms with E-state index in [-0.39, 0.29) is 0 Å². The molecule has 2 heterocycles. The van der Waals surface area contributed by atoms with E-state index in [1.807, 2.05) is 54.6 Å². The standard InChI is InChI=1S/C18H14N2O2/c21-18(22)15-10-13-12-8-4-5-9-14(12)19-17(13)16(20-15)11-6-2-1-3-7-11/h1-9,15,19H,10H2,(H,21,22). The van der Waals surface area contributed by atoms with Crippen molar-refractivity contribution in [3.05, 3.63) is 71.4 Å². The number of H-pyrrole nitrogens is 1. The van der Waals surface area contributed by atoms with E-state index in [1.54, 1.807) is 0 Å². The highest BCUT2D eigenvalue weighted by atomic mass is 16.4. The first-order valence-corrected chi connectivity index (χ1v) is 7.20. The number of aliphatic carboxylic acids is 1. The first-order valence-electron chi connectivity index (χ1n) is 7.20. The normalized spacial score (nSPS) is 17.1. The molecule has 4 rings (SSSR count). The quantitative estimate of drug-likeness (QED) is 0.762. The first-order chi connectivity index (χ1) is 10.7. The first kappa shape index (κ1) is 12.8. The van der Waals surface area contributed by atoms with Gasteiger partial charge in [-0.3, -0.25) is 4.99 Å². The van der Waals surface area contributed by atoms with E-state index in [9.17, 15) is 9.90 Å². The predicted octanol–water partition coefficient (Wildman–Crippen LogP) is 3.01. The van der Waals surface area contributed by atoms with Gasteiger partial charge in [-0.05, 0) is 11.6 Å². The van der Waals surface area contributed by atoms with Crippen molar-refractivity contribution in [1.29, 1.82) is 0 Å². The Bertz CT molecular complexity index is 894. The number of aliphatic imine (C=N–C) groups is 1. The van der Waals surface area contributed by atoms with E-state index in [0.717, 1.165) is 33.4 Å². The van der Waals surface area contributed by atoms with Crippen LogP contribution in [0.15, 0.2) is 59.6 Å². The van der Waals surface area contributed by atoms with Gasteiger partial charge in [-0.2, -0.15) is 0 Å². The second-order valence-corrected chi connectivity index (χ2v) is 5.43. The fraction of sp³-hybridized carbons (Fsp3) is 0.111. The lowest BCUT2D eigenvalue weighted by Crippen LogP contribution is -2.28. The summed E-state index contributed by atoms with van der Waals surface area (Å²) in [5, 5.41) is 10.5. The minimum Gasteiger partial charge on any atom is -0.480 e. The van der Waals surface area contributed by atoms with Crippen LogP contribution in [0.4, 0.5) is 0 Å². The third-order valence-electron chi connectivity index (χ3n) is 4.07. The van der Waals surface area contributed by atoms with Crippen LogP contribution in [0.5, 0.6) is 0 Å². The Kier molecular flexibility index (Phi) is 2.82. The van der Waals surface area contributed by atoms with Crippen molar-refractivity contribution in [2.45, 2.75) is 12.5 Å². The smallest absolute Gasteiger partial charge is 0.328 e. The summed E-state index contributed by atoms with van der Waals surface area (Å²) >= 11 is 0. The average Bonchev–Trinajstić information content (AvgIpc) is 2.93. The molecule has 4 nitrogen and oxygen atoms in total. The molecule has 2 N–H and O–H groups in total. The van der Waals surface area contributed by atoms with Crippen LogP contribution in [0.3, 0.4) is 0 Å². The minimum atomic E-state index is -0.885. The molecule has 0 radical (unpaired) electrons. The van der Waals surface area contributed by atoms with Crippen molar-refractivity contribution in [1.82, 2.24) is 4.98 Å². The van der Waals surface area contributed by atoms with Crippen molar-refractivity contribution in [3.8, 4) is 0 Å². The van der Waals surface area contributed by atoms with Gasteiger partial charge in [0.1, 0.15) is 0 Å². The van der Waals surface area contributed by atoms with Gasteiger partial charge in [0.2, 0.25) is 0 Å². The van der Waals surface area contributed by atoms with Gasteiger partial charge in [0.15, 0.2) is 6.04 Å². The Balaban J connectivity index is 1.98. The van der Waals surface area contributed by atoms with Crippen LogP contribution in [0.1, 0.15) is 16.8 Å². The number of aromatic amines is 1. The van der Waals surface area contributed by atoms with E-state index >= 15 is 0 Å². The molecular formula is C18H14N2O2. The molecule has 0 saturated heterocycles. The van der Waals surface area contributed by atoms with Crippen LogP contribution in [-0.4, -0.2) is 27.8 Å². The van der Waals surface area contributed by atoms with E-state index in [2.05, 4.69) is 9.98 Å². The number of hydrogen-bond acceptors (Lipinski definition) is 2. The van der Waals surface area contributed by atoms with Crippen LogP contribution in [0, 0.1) is 0 Å². The third-order valence-corrected chi connectivity index (χ3v) is 4.07. The SMILES string of the molecule is O=C(O)C1Cc2c([nH]c3ccccc23)C(c2ccccc2)=N1. The molecule has 1 atom stereocenters. The van der Waals surface area contributed by atoms with Crippen molar-refractivity contribution in [2.24, 2.45) is 4.99 Å². The molecule has 0 saturated carbocycles. The number of rotatable bonds is 2. The van der Waals surface area contributed by atoms with E-state index < -0.39 is 12.0 Å². The number of hydrogen-bond donors (Lipinski definition) is 2. The highest BCUT2D eigenvalue weighted by Crippen LogP contribution is 2.30. The lowest BCUT2D eigenvalue weighted by molar-refractivity contribution is -0.138. The van der Waals surface area contributed by atoms with Gasteiger partial charge in [0.25, 0.3) is 0 Å². The van der Waals surface area contributed by atoms with Gasteiger partial charge in [-0.15, -0.1) is 0 Å². The van der Waals surface area contributed by atoms with E-state index in [1.165, 1.54) is 0 Å². The number of nitrogens with one attached hydrogen (secondary N) is 1. The topological polar surface area (TPSA) is 65.4 Å². The molecule has 0 aliphatic carbocycles. The van der Waals surface area contributed by atoms with Crippen molar-refractivity contribution < 1.29 is 9.90 Å². The zero-order valence-corrected chi connectivity index (χ0v) is 11.8. The lowest BCUT2D eigenvalue weighted by atomic mass is 9.94. The Morgan fingerprint density at radius 3 is 2.59 bits per heavy atom. The van der Waals surface area contributed by atoms with Crippen LogP contribution >= 0.6 is 0 Å². The molecule has 1 aromatic heterocycles. The molecule has 1 unspecified atom stereocenters. The van der Waals surface area contributed by atoms with E-state index in [0.29, 0.717) is 6.42 Å². The second-order valence-electron chi connectivity index (χ2n) is 5.43. The maximum absolute atomic E-state index is 11.5. The average molecular weight is 290 g/mol. The molecule has 0 amide bonds. The molecule has 0 fully saturated rings. The zero-order valence-electron chi connectivity index (χ0n) is 11.8. The Hall–Kier alpha value is -2.88. The number of fused-ring (bicyclic) bond motifs is 3. The largest absolute Gasteiger partial charge is 0.480 e. The number of aromatic nitrogens is 1. The van der Waals surface area contributed by atoms with Crippen LogP contribution < -0.4 is 0 Å². The molecule has 0 spiro atoms. The minimum absolute atomic E-state index is 0.422. The van der Waals surface area contributed by atoms with Gasteiger partial charge in [0, 0.05) is 22.9 Å². The second kappa shape index (κ2) is 4.84. The van der Waals surface area contributed by atoms with Crippen LogP contribution in [0.25, 0.3) is 10.9 Å². The summed E-state index contributed by atoms with van der Waals surface area (Å²) in [5.41, 5.74) is 4.65. The van der Waals surface area contributed by atoms with Crippen LogP contribution in [0.2, 0.25) is 0 Å². The van der Waals surface area contributed by atoms with Gasteiger partial charge in [-0.1, -0.05) is 48.5 Å². The van der Waals surface area contributed by atoms with Crippen molar-refractivity contribution in [2.75, 3.05) is 0 Å². The molecule has 1 aliphatic heterocycles. The molecule has 2 aromatic carbocycles. The maximum atomic E-state index is 11.5. The maximum Gasteiger partial charge on any atom is 0.328 e. The van der Waals surface area contributed by atoms with Crippen LogP contribution in [-0.2, 0) is 11.2 Å². The number of carbonyl (C=O) groups is 1. The van der Waals surface area contributed by atoms with Gasteiger partial charge < -0.3 is 10.1 Å². The lowest BCUT2D eigenvalue weighted by Gasteiger charge is -2.18. The number of nitrogens with zero attached hydrogens (tertiary/aromatic N) is 1. The molecule has 1 aliphatic rings. The summed E-state index contributed by atoms with van der Waals surface area (Å²) in [6.07, 6.45) is 0.422. The van der Waals surface area contributed by atoms with Gasteiger partial charge >= 0.3 is 5.97 Å². The number of carboxylic acid groups (broad SMARTS) is 1. The molecule has 4 heteroatoms. The van der Waals surface area contributed by atoms with Gasteiger partial charge in [0.05, 0.1) is 11.4 Å². The van der Waals surface area contributed by atoms with E-state index in [4.69, 9.17) is 0 Å². The highest BCUT2D eigenvalue weighted by Gasteiger charge is 2.29. The Morgan fingerprint density at radius 1 is 1.09 bits per heavy atom. The predicted molar refractivity (Wildman–Crippen MR) is 85.5 cm³/mol. The Morgan fingerprint density at radius 2 is 1.82 bits per heavy atom. The summed E-state index contributed by atoms with van der Waals surface area (Å²) in [4.78, 5) is 19.4. The fourth-order valence-corrected chi connectivity index (χ4v) is 3.03. The molecule has 0 bridgehead atoms. The summed E-state index contributed by atoms with van der Waals surface area (Å²) < 4.78 is 0. The highest BCUT2D eigenvalue weighted by molar-refractivity contribution is 6.16. The summed E-state index contributed by atoms with van der Waals surface area (Å²) in [6.45, 7) is 0. The monoisotopic (exact) mass is 290 g/mol. The summed E-state index contributed by atoms with van der Waals surface area (Å²) in [5.74, 6) is -0.885. The summed E-state index contributed by atoms with van der Waals surface area (Å²) in [6, 6.07) is 17.0.